The summed E-state index contributed by atoms with van der Waals surface area (Å²) in [4.78, 5) is 21.1. The second-order valence-electron chi connectivity index (χ2n) is 9.60. The maximum Gasteiger partial charge on any atom is 0.416 e. The van der Waals surface area contributed by atoms with E-state index in [9.17, 15) is 22.4 Å². The molecule has 4 heterocycles. The topological polar surface area (TPSA) is 78.7 Å². The van der Waals surface area contributed by atoms with Gasteiger partial charge in [-0.25, -0.2) is 4.39 Å². The summed E-state index contributed by atoms with van der Waals surface area (Å²) < 4.78 is 57.0. The van der Waals surface area contributed by atoms with Gasteiger partial charge in [0.05, 0.1) is 27.4 Å². The molecule has 1 aliphatic heterocycles. The van der Waals surface area contributed by atoms with Crippen molar-refractivity contribution in [2.45, 2.75) is 19.4 Å². The average Bonchev–Trinajstić information content (AvgIpc) is 3.35. The number of carbonyl (C=O) groups is 1. The number of likely N-dealkylation sites (N-methyl/N-ethyl adjacent to an activating group) is 1. The lowest BCUT2D eigenvalue weighted by molar-refractivity contribution is -0.138. The van der Waals surface area contributed by atoms with Crippen LogP contribution in [0.3, 0.4) is 0 Å². The average molecular weight is 586 g/mol. The zero-order valence-electron chi connectivity index (χ0n) is 21.8. The third-order valence-electron chi connectivity index (χ3n) is 6.70. The van der Waals surface area contributed by atoms with Crippen molar-refractivity contribution in [3.63, 3.8) is 0 Å². The molecule has 1 amide bonds. The number of amides is 1. The molecule has 1 N–H and O–H groups in total. The predicted molar refractivity (Wildman–Crippen MR) is 145 cm³/mol. The molecule has 1 saturated heterocycles. The molecule has 0 unspecified atom stereocenters. The van der Waals surface area contributed by atoms with Crippen LogP contribution in [-0.4, -0.2) is 68.5 Å². The minimum Gasteiger partial charge on any atom is -0.322 e. The van der Waals surface area contributed by atoms with Gasteiger partial charge in [0.1, 0.15) is 6.67 Å². The number of hydrogen-bond acceptors (Lipinski definition) is 6. The molecule has 212 valence electrons. The molecule has 1 aromatic carbocycles. The number of anilines is 1. The lowest BCUT2D eigenvalue weighted by Crippen LogP contribution is -2.44. The lowest BCUT2D eigenvalue weighted by atomic mass is 10.0. The van der Waals surface area contributed by atoms with Crippen LogP contribution < -0.4 is 5.32 Å². The van der Waals surface area contributed by atoms with Crippen molar-refractivity contribution in [1.29, 1.82) is 0 Å². The number of aromatic nitrogens is 4. The van der Waals surface area contributed by atoms with E-state index in [4.69, 9.17) is 11.6 Å². The summed E-state index contributed by atoms with van der Waals surface area (Å²) in [7, 11) is 1.97. The fourth-order valence-electron chi connectivity index (χ4n) is 4.41. The number of nitrogens with zero attached hydrogens (tertiary/aromatic N) is 6. The van der Waals surface area contributed by atoms with E-state index in [1.807, 2.05) is 11.9 Å². The first-order valence-electron chi connectivity index (χ1n) is 12.6. The highest BCUT2D eigenvalue weighted by molar-refractivity contribution is 6.30. The Morgan fingerprint density at radius 3 is 2.59 bits per heavy atom. The van der Waals surface area contributed by atoms with E-state index in [2.05, 4.69) is 37.2 Å². The van der Waals surface area contributed by atoms with E-state index in [0.29, 0.717) is 23.8 Å². The van der Waals surface area contributed by atoms with Gasteiger partial charge in [-0.3, -0.25) is 19.1 Å². The Morgan fingerprint density at radius 1 is 1.07 bits per heavy atom. The zero-order valence-corrected chi connectivity index (χ0v) is 22.6. The smallest absolute Gasteiger partial charge is 0.322 e. The monoisotopic (exact) mass is 585 g/mol. The van der Waals surface area contributed by atoms with Gasteiger partial charge in [-0.2, -0.15) is 13.2 Å². The molecule has 4 aromatic rings. The van der Waals surface area contributed by atoms with Crippen LogP contribution >= 0.6 is 11.6 Å². The van der Waals surface area contributed by atoms with E-state index in [-0.39, 0.29) is 40.4 Å². The largest absolute Gasteiger partial charge is 0.416 e. The van der Waals surface area contributed by atoms with Crippen LogP contribution in [0.1, 0.15) is 38.6 Å². The van der Waals surface area contributed by atoms with Crippen LogP contribution in [-0.2, 0) is 19.4 Å². The molecule has 0 radical (unpaired) electrons. The summed E-state index contributed by atoms with van der Waals surface area (Å²) in [6, 6.07) is 8.37. The minimum atomic E-state index is -4.61. The molecule has 13 heteroatoms. The van der Waals surface area contributed by atoms with Crippen LogP contribution in [0.5, 0.6) is 0 Å². The zero-order chi connectivity index (χ0) is 29.1. The number of piperazine rings is 1. The number of alkyl halides is 4. The molecule has 0 spiro atoms. The maximum absolute atomic E-state index is 13.9. The summed E-state index contributed by atoms with van der Waals surface area (Å²) in [6.07, 6.45) is -1.88. The lowest BCUT2D eigenvalue weighted by Gasteiger charge is -2.33. The van der Waals surface area contributed by atoms with Gasteiger partial charge in [0, 0.05) is 50.8 Å². The van der Waals surface area contributed by atoms with Gasteiger partial charge in [-0.1, -0.05) is 23.6 Å². The van der Waals surface area contributed by atoms with Crippen molar-refractivity contribution in [3.8, 4) is 11.8 Å². The first-order chi connectivity index (χ1) is 19.6. The van der Waals surface area contributed by atoms with Gasteiger partial charge < -0.3 is 10.2 Å². The fraction of sp³-hybridized carbons (Fsp3) is 0.286. The van der Waals surface area contributed by atoms with Crippen molar-refractivity contribution in [1.82, 2.24) is 29.4 Å². The number of carbonyl (C=O) groups excluding carboxylic acids is 1. The Balaban J connectivity index is 1.37. The summed E-state index contributed by atoms with van der Waals surface area (Å²) in [5.41, 5.74) is -0.0928. The molecular weight excluding hydrogens is 562 g/mol. The van der Waals surface area contributed by atoms with Crippen molar-refractivity contribution in [2.24, 2.45) is 0 Å². The van der Waals surface area contributed by atoms with Crippen molar-refractivity contribution in [2.75, 3.05) is 38.5 Å². The number of fused-ring (bicyclic) bond motifs is 1. The molecule has 8 nitrogen and oxygen atoms in total. The molecule has 1 fully saturated rings. The van der Waals surface area contributed by atoms with Crippen molar-refractivity contribution in [3.05, 3.63) is 87.6 Å². The number of hydrogen-bond donors (Lipinski definition) is 1. The molecule has 1 aliphatic rings. The second kappa shape index (κ2) is 11.8. The maximum atomic E-state index is 13.9. The van der Waals surface area contributed by atoms with Gasteiger partial charge in [0.25, 0.3) is 5.91 Å². The second-order valence-corrected chi connectivity index (χ2v) is 10.0. The molecule has 41 heavy (non-hydrogen) atoms. The summed E-state index contributed by atoms with van der Waals surface area (Å²) in [5.74, 6) is 5.06. The molecule has 3 aromatic heterocycles. The Labute approximate surface area is 237 Å². The Kier molecular flexibility index (Phi) is 8.21. The third-order valence-corrected chi connectivity index (χ3v) is 6.92. The van der Waals surface area contributed by atoms with Gasteiger partial charge in [0.2, 0.25) is 5.82 Å². The van der Waals surface area contributed by atoms with Crippen LogP contribution in [0.25, 0.3) is 5.65 Å². The van der Waals surface area contributed by atoms with E-state index in [0.717, 1.165) is 25.4 Å². The molecule has 0 aliphatic carbocycles. The number of rotatable bonds is 5. The SMILES string of the molecule is CN1CCN(Cc2ccc(NC(=O)c3cnc(CF)c(C#Cc4nnc5ccc(Cl)cn45)c3)cc2C(F)(F)F)CC1. The molecule has 0 atom stereocenters. The van der Waals surface area contributed by atoms with E-state index in [1.54, 1.807) is 22.7 Å². The van der Waals surface area contributed by atoms with Crippen LogP contribution in [0.4, 0.5) is 23.2 Å². The quantitative estimate of drug-likeness (QED) is 0.271. The Bertz CT molecular complexity index is 1650. The van der Waals surface area contributed by atoms with Gasteiger partial charge in [-0.05, 0) is 48.9 Å². The number of halogens is 5. The van der Waals surface area contributed by atoms with Gasteiger partial charge in [0.15, 0.2) is 5.65 Å². The molecule has 0 saturated carbocycles. The van der Waals surface area contributed by atoms with Crippen LogP contribution in [0.15, 0.2) is 48.8 Å². The van der Waals surface area contributed by atoms with E-state index < -0.39 is 24.3 Å². The van der Waals surface area contributed by atoms with Gasteiger partial charge in [-0.15, -0.1) is 10.2 Å². The molecule has 0 bridgehead atoms. The van der Waals surface area contributed by atoms with Crippen LogP contribution in [0, 0.1) is 11.8 Å². The fourth-order valence-corrected chi connectivity index (χ4v) is 4.57. The minimum absolute atomic E-state index is 0.00397. The normalized spacial score (nSPS) is 14.6. The highest BCUT2D eigenvalue weighted by atomic mass is 35.5. The predicted octanol–water partition coefficient (Wildman–Crippen LogP) is 4.67. The van der Waals surface area contributed by atoms with Crippen molar-refractivity contribution >= 4 is 28.8 Å². The first-order valence-corrected chi connectivity index (χ1v) is 13.0. The number of nitrogens with one attached hydrogen (secondary N) is 1. The number of benzene rings is 1. The Morgan fingerprint density at radius 2 is 1.85 bits per heavy atom. The standard InChI is InChI=1S/C28H24ClF4N7O/c1-38-8-10-39(11-9-38)16-19-2-5-22(13-23(19)28(31,32)33)35-27(41)20-12-18(24(14-30)34-15-20)3-6-25-36-37-26-7-4-21(29)17-40(25)26/h2,4-5,7,12-13,15,17H,8-11,14,16H2,1H3,(H,35,41). The van der Waals surface area contributed by atoms with Crippen LogP contribution in [0.2, 0.25) is 5.02 Å². The van der Waals surface area contributed by atoms with Crippen molar-refractivity contribution < 1.29 is 22.4 Å². The Hall–Kier alpha value is -4.05. The molecule has 5 rings (SSSR count). The van der Waals surface area contributed by atoms with E-state index >= 15 is 0 Å². The third kappa shape index (κ3) is 6.65. The first kappa shape index (κ1) is 28.5. The summed E-state index contributed by atoms with van der Waals surface area (Å²) in [5, 5.41) is 10.9. The van der Waals surface area contributed by atoms with Gasteiger partial charge >= 0.3 is 6.18 Å². The highest BCUT2D eigenvalue weighted by Gasteiger charge is 2.34. The number of pyridine rings is 2. The molecular formula is C28H24ClF4N7O. The summed E-state index contributed by atoms with van der Waals surface area (Å²) in [6.45, 7) is 2.10. The van der Waals surface area contributed by atoms with E-state index in [1.165, 1.54) is 18.2 Å². The summed E-state index contributed by atoms with van der Waals surface area (Å²) >= 11 is 6.03. The highest BCUT2D eigenvalue weighted by Crippen LogP contribution is 2.34.